The van der Waals surface area contributed by atoms with Gasteiger partial charge < -0.3 is 18.9 Å². The van der Waals surface area contributed by atoms with Crippen molar-refractivity contribution in [2.24, 2.45) is 4.99 Å². The Kier molecular flexibility index (Phi) is 10.6. The van der Waals surface area contributed by atoms with Crippen molar-refractivity contribution < 1.29 is 50.2 Å². The molecule has 0 saturated heterocycles. The Morgan fingerprint density at radius 2 is 1.35 bits per heavy atom. The number of sulfonamides is 2. The molecule has 230 valence electrons. The minimum atomic E-state index is -4.90. The van der Waals surface area contributed by atoms with E-state index in [0.717, 1.165) is 27.4 Å². The maximum atomic E-state index is 13.8. The number of nitrogens with zero attached hydrogens (tertiary/aromatic N) is 4. The summed E-state index contributed by atoms with van der Waals surface area (Å²) >= 11 is 0. The van der Waals surface area contributed by atoms with Gasteiger partial charge >= 0.3 is 11.9 Å². The van der Waals surface area contributed by atoms with Gasteiger partial charge in [0.05, 0.1) is 58.5 Å². The van der Waals surface area contributed by atoms with Gasteiger partial charge in [-0.2, -0.15) is 23.4 Å². The molecule has 3 aromatic rings. The average Bonchev–Trinajstić information content (AvgIpc) is 2.99. The van der Waals surface area contributed by atoms with Gasteiger partial charge in [-0.3, -0.25) is 4.84 Å². The molecule has 0 amide bonds. The van der Waals surface area contributed by atoms with Crippen LogP contribution in [0.1, 0.15) is 26.3 Å². The zero-order valence-electron chi connectivity index (χ0n) is 23.5. The number of carbonyl (C=O) groups is 2. The highest BCUT2D eigenvalue weighted by atomic mass is 32.2. The third-order valence-corrected chi connectivity index (χ3v) is 8.29. The quantitative estimate of drug-likeness (QED) is 0.137. The van der Waals surface area contributed by atoms with E-state index in [1.54, 1.807) is 0 Å². The molecule has 2 aromatic carbocycles. The molecule has 43 heavy (non-hydrogen) atoms. The number of hydrogen-bond acceptors (Lipinski definition) is 14. The largest absolute Gasteiger partial charge is 0.481 e. The van der Waals surface area contributed by atoms with Crippen molar-refractivity contribution in [3.8, 4) is 11.8 Å². The van der Waals surface area contributed by atoms with Crippen LogP contribution in [0, 0.1) is 0 Å². The van der Waals surface area contributed by atoms with E-state index in [9.17, 15) is 26.4 Å². The van der Waals surface area contributed by atoms with Crippen LogP contribution in [0.5, 0.6) is 11.8 Å². The average molecular weight is 638 g/mol. The molecule has 0 unspecified atom stereocenters. The molecule has 0 bridgehead atoms. The van der Waals surface area contributed by atoms with Crippen molar-refractivity contribution in [3.05, 3.63) is 71.3 Å². The molecule has 0 aliphatic rings. The molecule has 0 atom stereocenters. The summed E-state index contributed by atoms with van der Waals surface area (Å²) < 4.78 is 76.3. The molecule has 0 fully saturated rings. The Balaban J connectivity index is 2.21. The molecule has 0 aliphatic heterocycles. The van der Waals surface area contributed by atoms with Crippen LogP contribution in [0.15, 0.2) is 64.5 Å². The number of carbonyl (C=O) groups excluding carboxylic acids is 2. The fourth-order valence-corrected chi connectivity index (χ4v) is 6.11. The first-order valence-corrected chi connectivity index (χ1v) is 15.0. The first kappa shape index (κ1) is 32.7. The first-order valence-electron chi connectivity index (χ1n) is 11.9. The second-order valence-electron chi connectivity index (χ2n) is 8.10. The van der Waals surface area contributed by atoms with Gasteiger partial charge in [-0.05, 0) is 23.8 Å². The lowest BCUT2D eigenvalue weighted by atomic mass is 10.1. The van der Waals surface area contributed by atoms with E-state index < -0.39 is 54.5 Å². The minimum Gasteiger partial charge on any atom is -0.481 e. The predicted molar refractivity (Wildman–Crippen MR) is 150 cm³/mol. The maximum Gasteiger partial charge on any atom is 0.339 e. The van der Waals surface area contributed by atoms with Crippen LogP contribution in [0.2, 0.25) is 0 Å². The number of hydroxylamine groups is 1. The van der Waals surface area contributed by atoms with Crippen LogP contribution in [0.3, 0.4) is 0 Å². The summed E-state index contributed by atoms with van der Waals surface area (Å²) in [7, 11) is -3.78. The van der Waals surface area contributed by atoms with E-state index >= 15 is 0 Å². The standard InChI is InChI=1S/C25H27N5O11S2/c1-37-20-14-21(38-2)27-24(26-20)28-25(29-42(33,34)15-16-10-6-7-11-17(16)22(31)39-3)30(41-5)43(35,36)19-13-9-8-12-18(19)23(32)40-4/h6-14H,15H2,1-5H3,(H,26,27,28,29). The molecule has 0 aliphatic carbocycles. The van der Waals surface area contributed by atoms with Crippen LogP contribution < -0.4 is 14.2 Å². The van der Waals surface area contributed by atoms with Crippen molar-refractivity contribution in [1.29, 1.82) is 0 Å². The van der Waals surface area contributed by atoms with E-state index in [1.807, 2.05) is 0 Å². The van der Waals surface area contributed by atoms with Crippen LogP contribution in [0.25, 0.3) is 0 Å². The van der Waals surface area contributed by atoms with E-state index in [-0.39, 0.29) is 32.9 Å². The maximum absolute atomic E-state index is 13.8. The lowest BCUT2D eigenvalue weighted by Gasteiger charge is -2.24. The summed E-state index contributed by atoms with van der Waals surface area (Å²) in [4.78, 5) is 41.0. The van der Waals surface area contributed by atoms with Gasteiger partial charge in [0.2, 0.25) is 21.8 Å². The molecule has 1 N–H and O–H groups in total. The predicted octanol–water partition coefficient (Wildman–Crippen LogP) is 1.43. The fourth-order valence-electron chi connectivity index (χ4n) is 3.54. The Morgan fingerprint density at radius 1 is 0.814 bits per heavy atom. The fraction of sp³-hybridized carbons (Fsp3) is 0.240. The highest BCUT2D eigenvalue weighted by Gasteiger charge is 2.35. The number of esters is 2. The van der Waals surface area contributed by atoms with Crippen LogP contribution in [0.4, 0.5) is 5.95 Å². The number of aliphatic imine (C=N–C) groups is 1. The minimum absolute atomic E-state index is 0.0309. The Hall–Kier alpha value is -4.81. The highest BCUT2D eigenvalue weighted by molar-refractivity contribution is 7.90. The van der Waals surface area contributed by atoms with E-state index in [4.69, 9.17) is 19.0 Å². The summed E-state index contributed by atoms with van der Waals surface area (Å²) in [6.07, 6.45) is 0. The summed E-state index contributed by atoms with van der Waals surface area (Å²) in [5.74, 6) is -4.18. The topological polar surface area (TPSA) is 202 Å². The van der Waals surface area contributed by atoms with E-state index in [2.05, 4.69) is 24.4 Å². The second-order valence-corrected chi connectivity index (χ2v) is 11.5. The Morgan fingerprint density at radius 3 is 1.91 bits per heavy atom. The smallest absolute Gasteiger partial charge is 0.339 e. The number of benzene rings is 2. The van der Waals surface area contributed by atoms with Crippen molar-refractivity contribution in [3.63, 3.8) is 0 Å². The highest BCUT2D eigenvalue weighted by Crippen LogP contribution is 2.24. The van der Waals surface area contributed by atoms with Gasteiger partial charge in [0.1, 0.15) is 4.90 Å². The molecule has 0 spiro atoms. The third-order valence-electron chi connectivity index (χ3n) is 5.43. The van der Waals surface area contributed by atoms with Gasteiger partial charge in [-0.15, -0.1) is 4.47 Å². The number of hydrogen-bond donors (Lipinski definition) is 1. The van der Waals surface area contributed by atoms with Crippen LogP contribution in [-0.4, -0.2) is 84.7 Å². The van der Waals surface area contributed by atoms with Crippen LogP contribution in [-0.2, 0) is 40.1 Å². The Bertz CT molecular complexity index is 1720. The number of ether oxygens (including phenoxy) is 4. The van der Waals surface area contributed by atoms with Gasteiger partial charge in [0, 0.05) is 0 Å². The number of guanidine groups is 1. The molecule has 1 aromatic heterocycles. The SMILES string of the molecule is COC(=O)c1ccccc1CS(=O)(=O)NC(=Nc1nc(OC)cc(OC)n1)N(OC)S(=O)(=O)c1ccccc1C(=O)OC. The molecular formula is C25H27N5O11S2. The molecule has 16 nitrogen and oxygen atoms in total. The van der Waals surface area contributed by atoms with Crippen molar-refractivity contribution in [2.75, 3.05) is 35.5 Å². The summed E-state index contributed by atoms with van der Waals surface area (Å²) in [5, 5.41) is 0. The van der Waals surface area contributed by atoms with Gasteiger partial charge in [0.25, 0.3) is 21.9 Å². The zero-order chi connectivity index (χ0) is 31.8. The number of methoxy groups -OCH3 is 4. The second kappa shape index (κ2) is 13.9. The normalized spacial score (nSPS) is 11.8. The number of rotatable bonds is 11. The van der Waals surface area contributed by atoms with Crippen LogP contribution >= 0.6 is 0 Å². The third kappa shape index (κ3) is 7.73. The van der Waals surface area contributed by atoms with Gasteiger partial charge in [-0.25, -0.2) is 22.7 Å². The van der Waals surface area contributed by atoms with Crippen molar-refractivity contribution in [2.45, 2.75) is 10.6 Å². The number of aromatic nitrogens is 2. The zero-order valence-corrected chi connectivity index (χ0v) is 25.1. The molecule has 0 saturated carbocycles. The van der Waals surface area contributed by atoms with Gasteiger partial charge in [-0.1, -0.05) is 30.3 Å². The summed E-state index contributed by atoms with van der Waals surface area (Å²) in [5.41, 5.74) is -0.387. The summed E-state index contributed by atoms with van der Waals surface area (Å²) in [6, 6.07) is 12.0. The molecule has 0 radical (unpaired) electrons. The molecule has 3 rings (SSSR count). The van der Waals surface area contributed by atoms with E-state index in [0.29, 0.717) is 0 Å². The monoisotopic (exact) mass is 637 g/mol. The van der Waals surface area contributed by atoms with Crippen molar-refractivity contribution in [1.82, 2.24) is 19.2 Å². The summed E-state index contributed by atoms with van der Waals surface area (Å²) in [6.45, 7) is 0. The molecular weight excluding hydrogens is 610 g/mol. The molecule has 18 heteroatoms. The number of nitrogens with one attached hydrogen (secondary N) is 1. The van der Waals surface area contributed by atoms with E-state index in [1.165, 1.54) is 62.8 Å². The van der Waals surface area contributed by atoms with Crippen molar-refractivity contribution >= 4 is 43.9 Å². The Labute approximate surface area is 247 Å². The van der Waals surface area contributed by atoms with Gasteiger partial charge in [0.15, 0.2) is 0 Å². The lowest BCUT2D eigenvalue weighted by molar-refractivity contribution is 0.0128. The first-order chi connectivity index (χ1) is 20.4. The lowest BCUT2D eigenvalue weighted by Crippen LogP contribution is -2.47. The molecule has 1 heterocycles.